The molecule has 3 N–H and O–H groups in total. The van der Waals surface area contributed by atoms with Gasteiger partial charge in [0.2, 0.25) is 0 Å². The second-order valence-electron chi connectivity index (χ2n) is 6.16. The van der Waals surface area contributed by atoms with E-state index >= 15 is 0 Å². The van der Waals surface area contributed by atoms with Gasteiger partial charge in [0.15, 0.2) is 0 Å². The van der Waals surface area contributed by atoms with E-state index in [0.29, 0.717) is 6.54 Å². The first kappa shape index (κ1) is 15.8. The van der Waals surface area contributed by atoms with Crippen LogP contribution in [0.5, 0.6) is 0 Å². The summed E-state index contributed by atoms with van der Waals surface area (Å²) in [7, 11) is 0. The van der Waals surface area contributed by atoms with E-state index in [0.717, 1.165) is 36.0 Å². The third kappa shape index (κ3) is 3.02. The van der Waals surface area contributed by atoms with Crippen molar-refractivity contribution in [2.45, 2.75) is 33.1 Å². The molecule has 2 aromatic carbocycles. The molecule has 0 atom stereocenters. The van der Waals surface area contributed by atoms with E-state index in [-0.39, 0.29) is 5.82 Å². The first-order valence-electron chi connectivity index (χ1n) is 8.18. The lowest BCUT2D eigenvalue weighted by Crippen LogP contribution is -1.99. The molecule has 3 aromatic rings. The Labute approximate surface area is 136 Å². The average Bonchev–Trinajstić information content (AvgIpc) is 2.91. The number of benzene rings is 2. The summed E-state index contributed by atoms with van der Waals surface area (Å²) in [5.41, 5.74) is 12.5. The minimum atomic E-state index is -0.207. The molecule has 0 saturated carbocycles. The van der Waals surface area contributed by atoms with Crippen LogP contribution >= 0.6 is 0 Å². The van der Waals surface area contributed by atoms with Crippen molar-refractivity contribution in [2.24, 2.45) is 5.73 Å². The summed E-state index contributed by atoms with van der Waals surface area (Å²) in [5, 5.41) is 1.24. The van der Waals surface area contributed by atoms with Gasteiger partial charge in [-0.05, 0) is 68.5 Å². The lowest BCUT2D eigenvalue weighted by Gasteiger charge is -2.06. The molecule has 0 unspecified atom stereocenters. The van der Waals surface area contributed by atoms with Gasteiger partial charge >= 0.3 is 0 Å². The van der Waals surface area contributed by atoms with E-state index in [2.05, 4.69) is 31.0 Å². The molecule has 0 saturated heterocycles. The number of H-pyrrole nitrogens is 1. The van der Waals surface area contributed by atoms with Gasteiger partial charge in [-0.1, -0.05) is 24.3 Å². The average molecular weight is 310 g/mol. The molecule has 23 heavy (non-hydrogen) atoms. The highest BCUT2D eigenvalue weighted by atomic mass is 19.1. The summed E-state index contributed by atoms with van der Waals surface area (Å²) in [4.78, 5) is 3.55. The Morgan fingerprint density at radius 3 is 2.65 bits per heavy atom. The summed E-state index contributed by atoms with van der Waals surface area (Å²) >= 11 is 0. The van der Waals surface area contributed by atoms with Crippen LogP contribution in [-0.2, 0) is 6.42 Å². The minimum absolute atomic E-state index is 0.207. The van der Waals surface area contributed by atoms with Crippen LogP contribution in [-0.4, -0.2) is 11.5 Å². The van der Waals surface area contributed by atoms with Crippen molar-refractivity contribution in [2.75, 3.05) is 6.54 Å². The molecular formula is C20H23FN2. The van der Waals surface area contributed by atoms with Gasteiger partial charge in [-0.15, -0.1) is 0 Å². The number of fused-ring (bicyclic) bond motifs is 1. The summed E-state index contributed by atoms with van der Waals surface area (Å²) in [6.45, 7) is 4.95. The highest BCUT2D eigenvalue weighted by molar-refractivity contribution is 5.93. The molecule has 0 radical (unpaired) electrons. The van der Waals surface area contributed by atoms with Gasteiger partial charge < -0.3 is 10.7 Å². The van der Waals surface area contributed by atoms with Crippen LogP contribution in [0.3, 0.4) is 0 Å². The molecule has 0 bridgehead atoms. The maximum atomic E-state index is 13.7. The molecule has 1 heterocycles. The summed E-state index contributed by atoms with van der Waals surface area (Å²) < 4.78 is 13.7. The molecule has 0 amide bonds. The molecule has 0 aliphatic heterocycles. The van der Waals surface area contributed by atoms with Crippen molar-refractivity contribution < 1.29 is 4.39 Å². The fourth-order valence-electron chi connectivity index (χ4n) is 3.16. The van der Waals surface area contributed by atoms with Gasteiger partial charge in [0.1, 0.15) is 5.82 Å². The monoisotopic (exact) mass is 310 g/mol. The smallest absolute Gasteiger partial charge is 0.123 e. The van der Waals surface area contributed by atoms with Crippen LogP contribution in [0.2, 0.25) is 0 Å². The Hall–Kier alpha value is -2.13. The van der Waals surface area contributed by atoms with Crippen LogP contribution in [0, 0.1) is 19.7 Å². The molecule has 0 spiro atoms. The molecule has 1 aromatic heterocycles. The van der Waals surface area contributed by atoms with Crippen molar-refractivity contribution in [1.29, 1.82) is 0 Å². The van der Waals surface area contributed by atoms with E-state index in [4.69, 9.17) is 5.73 Å². The zero-order valence-corrected chi connectivity index (χ0v) is 13.7. The third-order valence-corrected chi connectivity index (χ3v) is 4.61. The van der Waals surface area contributed by atoms with E-state index in [1.807, 2.05) is 6.07 Å². The minimum Gasteiger partial charge on any atom is -0.354 e. The second kappa shape index (κ2) is 6.55. The number of hydrogen-bond acceptors (Lipinski definition) is 1. The SMILES string of the molecule is Cc1ccc2c(CCCCN)c(-c3cccc(F)c3)[nH]c2c1C. The number of nitrogens with one attached hydrogen (secondary N) is 1. The number of aromatic amines is 1. The van der Waals surface area contributed by atoms with Crippen molar-refractivity contribution >= 4 is 10.9 Å². The fraction of sp³-hybridized carbons (Fsp3) is 0.300. The first-order chi connectivity index (χ1) is 11.1. The third-order valence-electron chi connectivity index (χ3n) is 4.61. The van der Waals surface area contributed by atoms with Gasteiger partial charge in [0.05, 0.1) is 0 Å². The number of aryl methyl sites for hydroxylation is 3. The standard InChI is InChI=1S/C20H23FN2/c1-13-9-10-18-17(8-3-4-11-22)20(23-19(18)14(13)2)15-6-5-7-16(21)12-15/h5-7,9-10,12,23H,3-4,8,11,22H2,1-2H3. The van der Waals surface area contributed by atoms with E-state index < -0.39 is 0 Å². The van der Waals surface area contributed by atoms with Gasteiger partial charge in [0.25, 0.3) is 0 Å². The zero-order chi connectivity index (χ0) is 16.4. The number of hydrogen-bond donors (Lipinski definition) is 2. The second-order valence-corrected chi connectivity index (χ2v) is 6.16. The van der Waals surface area contributed by atoms with Crippen LogP contribution in [0.15, 0.2) is 36.4 Å². The van der Waals surface area contributed by atoms with E-state index in [1.165, 1.54) is 28.1 Å². The molecule has 0 aliphatic carbocycles. The molecule has 3 heteroatoms. The van der Waals surface area contributed by atoms with E-state index in [1.54, 1.807) is 12.1 Å². The predicted octanol–water partition coefficient (Wildman–Crippen LogP) is 4.87. The summed E-state index contributed by atoms with van der Waals surface area (Å²) in [5.74, 6) is -0.207. The van der Waals surface area contributed by atoms with Crippen LogP contribution in [0.25, 0.3) is 22.2 Å². The van der Waals surface area contributed by atoms with Crippen LogP contribution < -0.4 is 5.73 Å². The normalized spacial score (nSPS) is 11.3. The van der Waals surface area contributed by atoms with E-state index in [9.17, 15) is 4.39 Å². The predicted molar refractivity (Wildman–Crippen MR) is 95.2 cm³/mol. The lowest BCUT2D eigenvalue weighted by molar-refractivity contribution is 0.628. The number of aromatic nitrogens is 1. The molecule has 3 rings (SSSR count). The fourth-order valence-corrected chi connectivity index (χ4v) is 3.16. The van der Waals surface area contributed by atoms with Gasteiger partial charge in [-0.2, -0.15) is 0 Å². The van der Waals surface area contributed by atoms with Crippen molar-refractivity contribution in [1.82, 2.24) is 4.98 Å². The molecule has 0 fully saturated rings. The quantitative estimate of drug-likeness (QED) is 0.648. The van der Waals surface area contributed by atoms with Gasteiger partial charge in [-0.3, -0.25) is 0 Å². The van der Waals surface area contributed by atoms with Crippen molar-refractivity contribution in [3.63, 3.8) is 0 Å². The Morgan fingerprint density at radius 1 is 1.09 bits per heavy atom. The van der Waals surface area contributed by atoms with Gasteiger partial charge in [-0.25, -0.2) is 4.39 Å². The number of unbranched alkanes of at least 4 members (excludes halogenated alkanes) is 1. The Bertz CT molecular complexity index is 833. The number of halogens is 1. The Morgan fingerprint density at radius 2 is 1.91 bits per heavy atom. The Balaban J connectivity index is 2.18. The summed E-state index contributed by atoms with van der Waals surface area (Å²) in [6, 6.07) is 11.1. The first-order valence-corrected chi connectivity index (χ1v) is 8.18. The van der Waals surface area contributed by atoms with Crippen LogP contribution in [0.1, 0.15) is 29.5 Å². The number of nitrogens with two attached hydrogens (primary N) is 1. The molecule has 2 nitrogen and oxygen atoms in total. The van der Waals surface area contributed by atoms with Crippen molar-refractivity contribution in [3.05, 3.63) is 58.9 Å². The topological polar surface area (TPSA) is 41.8 Å². The Kier molecular flexibility index (Phi) is 4.49. The zero-order valence-electron chi connectivity index (χ0n) is 13.7. The largest absolute Gasteiger partial charge is 0.354 e. The van der Waals surface area contributed by atoms with Gasteiger partial charge in [0, 0.05) is 22.2 Å². The number of rotatable bonds is 5. The molecule has 0 aliphatic rings. The highest BCUT2D eigenvalue weighted by Gasteiger charge is 2.15. The lowest BCUT2D eigenvalue weighted by atomic mass is 9.98. The summed E-state index contributed by atoms with van der Waals surface area (Å²) in [6.07, 6.45) is 2.99. The van der Waals surface area contributed by atoms with Crippen molar-refractivity contribution in [3.8, 4) is 11.3 Å². The van der Waals surface area contributed by atoms with Crippen LogP contribution in [0.4, 0.5) is 4.39 Å². The molecular weight excluding hydrogens is 287 g/mol. The molecule has 120 valence electrons. The highest BCUT2D eigenvalue weighted by Crippen LogP contribution is 2.34. The maximum absolute atomic E-state index is 13.7. The maximum Gasteiger partial charge on any atom is 0.123 e.